The number of nitrogens with one attached hydrogen (secondary N) is 1. The fraction of sp³-hybridized carbons (Fsp3) is 0.125. The number of nitriles is 1. The maximum atomic E-state index is 12.2. The molecule has 0 saturated heterocycles. The molecule has 0 bridgehead atoms. The summed E-state index contributed by atoms with van der Waals surface area (Å²) in [7, 11) is 3.67. The number of carbonyl (C=O) groups excluding carboxylic acids is 1. The van der Waals surface area contributed by atoms with Crippen molar-refractivity contribution in [3.63, 3.8) is 0 Å². The average molecular weight is 327 g/mol. The van der Waals surface area contributed by atoms with E-state index in [1.54, 1.807) is 30.3 Å². The predicted octanol–water partition coefficient (Wildman–Crippen LogP) is 0.583. The summed E-state index contributed by atoms with van der Waals surface area (Å²) < 4.78 is 0. The van der Waals surface area contributed by atoms with Crippen LogP contribution in [0.4, 0.5) is 5.69 Å². The lowest BCUT2D eigenvalue weighted by Crippen LogP contribution is -2.23. The molecule has 0 unspecified atom stereocenters. The Morgan fingerprint density at radius 2 is 1.67 bits per heavy atom. The highest BCUT2D eigenvalue weighted by atomic mass is 16.4. The summed E-state index contributed by atoms with van der Waals surface area (Å²) in [5.41, 5.74) is -0.673. The standard InChI is InChI=1S/C16H13N3O5/c1-19(2)9-5-3-8(4-6-9)11-10(7-17)13(18-14(11)20)12(15(21)22)16(23)24/h3-6H,1-2H3,(H,18,20)(H,21,22)(H,23,24). The number of nitrogens with zero attached hydrogens (tertiary/aromatic N) is 2. The van der Waals surface area contributed by atoms with Crippen LogP contribution in [0.2, 0.25) is 0 Å². The topological polar surface area (TPSA) is 131 Å². The third-order valence-electron chi connectivity index (χ3n) is 3.43. The van der Waals surface area contributed by atoms with Crippen molar-refractivity contribution < 1.29 is 24.6 Å². The first kappa shape index (κ1) is 16.8. The number of hydrogen-bond donors (Lipinski definition) is 3. The minimum absolute atomic E-state index is 0.0576. The van der Waals surface area contributed by atoms with Crippen LogP contribution in [0, 0.1) is 11.3 Å². The van der Waals surface area contributed by atoms with E-state index >= 15 is 0 Å². The van der Waals surface area contributed by atoms with Crippen LogP contribution in [0.3, 0.4) is 0 Å². The monoisotopic (exact) mass is 327 g/mol. The van der Waals surface area contributed by atoms with E-state index in [2.05, 4.69) is 5.32 Å². The van der Waals surface area contributed by atoms with Crippen LogP contribution >= 0.6 is 0 Å². The molecular weight excluding hydrogens is 314 g/mol. The van der Waals surface area contributed by atoms with E-state index in [0.717, 1.165) is 5.69 Å². The first-order valence-corrected chi connectivity index (χ1v) is 6.72. The number of rotatable bonds is 4. The van der Waals surface area contributed by atoms with E-state index < -0.39 is 29.1 Å². The first-order chi connectivity index (χ1) is 11.3. The van der Waals surface area contributed by atoms with Gasteiger partial charge in [-0.3, -0.25) is 4.79 Å². The van der Waals surface area contributed by atoms with Gasteiger partial charge in [0.25, 0.3) is 5.91 Å². The average Bonchev–Trinajstić information content (AvgIpc) is 2.82. The largest absolute Gasteiger partial charge is 0.477 e. The lowest BCUT2D eigenvalue weighted by molar-refractivity contribution is -0.140. The van der Waals surface area contributed by atoms with Gasteiger partial charge in [-0.25, -0.2) is 9.59 Å². The van der Waals surface area contributed by atoms with Crippen LogP contribution in [0.1, 0.15) is 5.56 Å². The second kappa shape index (κ2) is 6.26. The number of carboxylic acid groups (broad SMARTS) is 2. The molecule has 0 radical (unpaired) electrons. The maximum Gasteiger partial charge on any atom is 0.345 e. The van der Waals surface area contributed by atoms with Crippen LogP contribution in [0.5, 0.6) is 0 Å². The molecule has 1 aliphatic heterocycles. The van der Waals surface area contributed by atoms with E-state index in [4.69, 9.17) is 10.2 Å². The Bertz CT molecular complexity index is 825. The van der Waals surface area contributed by atoms with Gasteiger partial charge in [0, 0.05) is 19.8 Å². The highest BCUT2D eigenvalue weighted by Gasteiger charge is 2.35. The van der Waals surface area contributed by atoms with Gasteiger partial charge >= 0.3 is 11.9 Å². The van der Waals surface area contributed by atoms with E-state index in [0.29, 0.717) is 5.56 Å². The molecule has 8 nitrogen and oxygen atoms in total. The molecule has 0 fully saturated rings. The number of carboxylic acids is 2. The van der Waals surface area contributed by atoms with Crippen molar-refractivity contribution in [3.8, 4) is 6.07 Å². The van der Waals surface area contributed by atoms with Crippen molar-refractivity contribution in [2.24, 2.45) is 0 Å². The fourth-order valence-corrected chi connectivity index (χ4v) is 2.28. The van der Waals surface area contributed by atoms with Crippen LogP contribution in [0.25, 0.3) is 5.57 Å². The van der Waals surface area contributed by atoms with Crippen molar-refractivity contribution in [3.05, 3.63) is 46.7 Å². The van der Waals surface area contributed by atoms with Gasteiger partial charge in [0.15, 0.2) is 5.57 Å². The van der Waals surface area contributed by atoms with E-state index in [9.17, 15) is 19.6 Å². The molecule has 0 atom stereocenters. The lowest BCUT2D eigenvalue weighted by Gasteiger charge is -2.12. The summed E-state index contributed by atoms with van der Waals surface area (Å²) >= 11 is 0. The third kappa shape index (κ3) is 2.83. The summed E-state index contributed by atoms with van der Waals surface area (Å²) in [6.45, 7) is 0. The number of hydrogen-bond acceptors (Lipinski definition) is 5. The van der Waals surface area contributed by atoms with Crippen molar-refractivity contribution >= 4 is 29.1 Å². The molecule has 122 valence electrons. The Kier molecular flexibility index (Phi) is 4.37. The molecule has 1 aromatic rings. The molecule has 0 spiro atoms. The number of benzene rings is 1. The summed E-state index contributed by atoms with van der Waals surface area (Å²) in [6.07, 6.45) is 0. The minimum atomic E-state index is -1.74. The molecule has 1 aromatic carbocycles. The fourth-order valence-electron chi connectivity index (χ4n) is 2.28. The molecule has 1 amide bonds. The molecule has 1 heterocycles. The molecule has 0 saturated carbocycles. The van der Waals surface area contributed by atoms with Gasteiger partial charge < -0.3 is 20.4 Å². The lowest BCUT2D eigenvalue weighted by atomic mass is 9.99. The number of anilines is 1. The van der Waals surface area contributed by atoms with E-state index in [-0.39, 0.29) is 11.1 Å². The van der Waals surface area contributed by atoms with Crippen LogP contribution in [-0.2, 0) is 14.4 Å². The second-order valence-corrected chi connectivity index (χ2v) is 5.12. The minimum Gasteiger partial charge on any atom is -0.477 e. The van der Waals surface area contributed by atoms with Gasteiger partial charge in [-0.15, -0.1) is 0 Å². The van der Waals surface area contributed by atoms with Gasteiger partial charge in [-0.2, -0.15) is 5.26 Å². The Hall–Kier alpha value is -3.60. The van der Waals surface area contributed by atoms with Crippen molar-refractivity contribution in [2.75, 3.05) is 19.0 Å². The Labute approximate surface area is 136 Å². The SMILES string of the molecule is CN(C)c1ccc(C2=C(C#N)C(=C(C(=O)O)C(=O)O)NC2=O)cc1. The van der Waals surface area contributed by atoms with Gasteiger partial charge in [-0.1, -0.05) is 12.1 Å². The van der Waals surface area contributed by atoms with Crippen molar-refractivity contribution in [1.29, 1.82) is 5.26 Å². The smallest absolute Gasteiger partial charge is 0.345 e. The Balaban J connectivity index is 2.67. The molecule has 2 rings (SSSR count). The highest BCUT2D eigenvalue weighted by Crippen LogP contribution is 2.31. The van der Waals surface area contributed by atoms with Crippen LogP contribution in [0.15, 0.2) is 41.1 Å². The summed E-state index contributed by atoms with van der Waals surface area (Å²) in [6, 6.07) is 8.38. The first-order valence-electron chi connectivity index (χ1n) is 6.72. The molecular formula is C16H13N3O5. The zero-order valence-corrected chi connectivity index (χ0v) is 12.8. The number of amides is 1. The molecule has 0 aliphatic carbocycles. The molecule has 24 heavy (non-hydrogen) atoms. The van der Waals surface area contributed by atoms with Gasteiger partial charge in [0.05, 0.1) is 16.8 Å². The second-order valence-electron chi connectivity index (χ2n) is 5.12. The summed E-state index contributed by atoms with van der Waals surface area (Å²) in [5.74, 6) is -4.20. The van der Waals surface area contributed by atoms with Crippen LogP contribution < -0.4 is 10.2 Å². The van der Waals surface area contributed by atoms with Gasteiger partial charge in [-0.05, 0) is 17.7 Å². The predicted molar refractivity (Wildman–Crippen MR) is 83.7 cm³/mol. The van der Waals surface area contributed by atoms with E-state index in [1.807, 2.05) is 19.0 Å². The molecule has 8 heteroatoms. The normalized spacial score (nSPS) is 13.4. The van der Waals surface area contributed by atoms with Crippen molar-refractivity contribution in [1.82, 2.24) is 5.32 Å². The number of aliphatic carboxylic acids is 2. The molecule has 0 aromatic heterocycles. The third-order valence-corrected chi connectivity index (χ3v) is 3.43. The summed E-state index contributed by atoms with van der Waals surface area (Å²) in [4.78, 5) is 36.3. The van der Waals surface area contributed by atoms with Gasteiger partial charge in [0.2, 0.25) is 0 Å². The Morgan fingerprint density at radius 3 is 2.08 bits per heavy atom. The quantitative estimate of drug-likeness (QED) is 0.419. The van der Waals surface area contributed by atoms with E-state index in [1.165, 1.54) is 0 Å². The van der Waals surface area contributed by atoms with Gasteiger partial charge in [0.1, 0.15) is 6.07 Å². The molecule has 1 aliphatic rings. The zero-order valence-electron chi connectivity index (χ0n) is 12.8. The Morgan fingerprint density at radius 1 is 1.12 bits per heavy atom. The number of carbonyl (C=O) groups is 3. The maximum absolute atomic E-state index is 12.2. The zero-order chi connectivity index (χ0) is 18.0. The van der Waals surface area contributed by atoms with Crippen LogP contribution in [-0.4, -0.2) is 42.2 Å². The number of allylic oxidation sites excluding steroid dienone is 1. The molecule has 3 N–H and O–H groups in total. The van der Waals surface area contributed by atoms with Crippen molar-refractivity contribution in [2.45, 2.75) is 0 Å². The summed E-state index contributed by atoms with van der Waals surface area (Å²) in [5, 5.41) is 29.5. The highest BCUT2D eigenvalue weighted by molar-refractivity contribution is 6.28.